The molecule has 0 saturated carbocycles. The number of hydrogen-bond donors (Lipinski definition) is 0. The monoisotopic (exact) mass is 266 g/mol. The fraction of sp³-hybridized carbons (Fsp3) is 0. The zero-order valence-electron chi connectivity index (χ0n) is 10.8. The second-order valence-corrected chi connectivity index (χ2v) is 3.90. The highest BCUT2D eigenvalue weighted by molar-refractivity contribution is 5.75. The van der Waals surface area contributed by atoms with Gasteiger partial charge in [0.2, 0.25) is 0 Å². The summed E-state index contributed by atoms with van der Waals surface area (Å²) in [5, 5.41) is 0. The van der Waals surface area contributed by atoms with Crippen LogP contribution in [0.25, 0.3) is 0 Å². The third kappa shape index (κ3) is 4.46. The first-order valence-corrected chi connectivity index (χ1v) is 6.14. The molecule has 1 aromatic heterocycles. The lowest BCUT2D eigenvalue weighted by Crippen LogP contribution is -1.85. The topological polar surface area (TPSA) is 39.4 Å². The Morgan fingerprint density at radius 1 is 0.800 bits per heavy atom. The van der Waals surface area contributed by atoms with Crippen molar-refractivity contribution in [3.8, 4) is 11.5 Å². The highest BCUT2D eigenvalue weighted by Gasteiger charge is 1.97. The summed E-state index contributed by atoms with van der Waals surface area (Å²) in [4.78, 5) is 10.6. The van der Waals surface area contributed by atoms with E-state index in [2.05, 4.69) is 4.42 Å². The van der Waals surface area contributed by atoms with Crippen molar-refractivity contribution in [2.45, 2.75) is 0 Å². The first-order valence-electron chi connectivity index (χ1n) is 6.14. The van der Waals surface area contributed by atoms with Gasteiger partial charge >= 0.3 is 0 Å². The normalized spacial score (nSPS) is 9.20. The highest BCUT2D eigenvalue weighted by Crippen LogP contribution is 2.20. The van der Waals surface area contributed by atoms with Gasteiger partial charge in [-0.15, -0.1) is 0 Å². The predicted octanol–water partition coefficient (Wildman–Crippen LogP) is 4.57. The van der Waals surface area contributed by atoms with Crippen LogP contribution < -0.4 is 4.74 Å². The summed E-state index contributed by atoms with van der Waals surface area (Å²) in [6, 6.07) is 20.2. The fourth-order valence-corrected chi connectivity index (χ4v) is 1.50. The molecule has 0 aliphatic rings. The van der Waals surface area contributed by atoms with E-state index in [-0.39, 0.29) is 0 Å². The van der Waals surface area contributed by atoms with E-state index in [9.17, 15) is 4.79 Å². The predicted molar refractivity (Wildman–Crippen MR) is 77.1 cm³/mol. The summed E-state index contributed by atoms with van der Waals surface area (Å²) in [5.74, 6) is 1.44. The highest BCUT2D eigenvalue weighted by atomic mass is 16.5. The van der Waals surface area contributed by atoms with Crippen molar-refractivity contribution in [2.24, 2.45) is 0 Å². The van der Waals surface area contributed by atoms with Crippen LogP contribution in [0.5, 0.6) is 11.5 Å². The van der Waals surface area contributed by atoms with E-state index >= 15 is 0 Å². The average Bonchev–Trinajstić information content (AvgIpc) is 3.08. The molecule has 3 heteroatoms. The Bertz CT molecular complexity index is 599. The average molecular weight is 266 g/mol. The Morgan fingerprint density at radius 2 is 1.50 bits per heavy atom. The van der Waals surface area contributed by atoms with Crippen LogP contribution in [0.3, 0.4) is 0 Å². The molecule has 0 atom stereocenters. The van der Waals surface area contributed by atoms with E-state index in [1.54, 1.807) is 30.7 Å². The maximum atomic E-state index is 10.6. The van der Waals surface area contributed by atoms with Crippen molar-refractivity contribution < 1.29 is 13.9 Å². The van der Waals surface area contributed by atoms with Gasteiger partial charge in [0, 0.05) is 5.56 Å². The van der Waals surface area contributed by atoms with E-state index in [4.69, 9.17) is 4.74 Å². The third-order valence-electron chi connectivity index (χ3n) is 2.40. The number of para-hydroxylation sites is 1. The van der Waals surface area contributed by atoms with Gasteiger partial charge in [0.1, 0.15) is 17.8 Å². The minimum absolute atomic E-state index is 0.614. The van der Waals surface area contributed by atoms with Crippen molar-refractivity contribution in [3.63, 3.8) is 0 Å². The van der Waals surface area contributed by atoms with E-state index in [1.807, 2.05) is 48.5 Å². The van der Waals surface area contributed by atoms with Gasteiger partial charge in [0.15, 0.2) is 0 Å². The molecule has 0 aliphatic heterocycles. The molecular formula is C17H14O3. The van der Waals surface area contributed by atoms with Gasteiger partial charge in [-0.05, 0) is 36.4 Å². The summed E-state index contributed by atoms with van der Waals surface area (Å²) >= 11 is 0. The van der Waals surface area contributed by atoms with Crippen LogP contribution in [0.1, 0.15) is 10.4 Å². The molecule has 0 unspecified atom stereocenters. The first kappa shape index (κ1) is 13.6. The molecule has 0 N–H and O–H groups in total. The Labute approximate surface area is 117 Å². The zero-order chi connectivity index (χ0) is 14.0. The quantitative estimate of drug-likeness (QED) is 0.652. The maximum Gasteiger partial charge on any atom is 0.150 e. The van der Waals surface area contributed by atoms with Crippen molar-refractivity contribution in [2.75, 3.05) is 0 Å². The molecule has 3 rings (SSSR count). The molecule has 0 radical (unpaired) electrons. The third-order valence-corrected chi connectivity index (χ3v) is 2.40. The van der Waals surface area contributed by atoms with Gasteiger partial charge in [0.25, 0.3) is 0 Å². The Balaban J connectivity index is 0.000000247. The molecule has 3 nitrogen and oxygen atoms in total. The van der Waals surface area contributed by atoms with E-state index in [0.29, 0.717) is 11.3 Å². The number of benzene rings is 2. The number of hydrogen-bond acceptors (Lipinski definition) is 3. The summed E-state index contributed by atoms with van der Waals surface area (Å²) < 4.78 is 10.1. The van der Waals surface area contributed by atoms with Crippen LogP contribution in [0.15, 0.2) is 83.7 Å². The standard InChI is InChI=1S/C13H10O2.C4H4O/c14-10-11-5-4-8-13(9-11)15-12-6-2-1-3-7-12;1-2-4-5-3-1/h1-10H;1-4H. The smallest absolute Gasteiger partial charge is 0.150 e. The van der Waals surface area contributed by atoms with Crippen LogP contribution in [0.4, 0.5) is 0 Å². The van der Waals surface area contributed by atoms with Gasteiger partial charge < -0.3 is 9.15 Å². The minimum atomic E-state index is 0.614. The Kier molecular flexibility index (Phi) is 5.17. The molecule has 0 aliphatic carbocycles. The molecule has 100 valence electrons. The summed E-state index contributed by atoms with van der Waals surface area (Å²) in [6.45, 7) is 0. The van der Waals surface area contributed by atoms with Crippen LogP contribution in [0.2, 0.25) is 0 Å². The number of ether oxygens (including phenoxy) is 1. The molecule has 0 saturated heterocycles. The van der Waals surface area contributed by atoms with Gasteiger partial charge in [-0.1, -0.05) is 30.3 Å². The molecule has 1 heterocycles. The first-order chi connectivity index (χ1) is 9.88. The Morgan fingerprint density at radius 3 is 2.10 bits per heavy atom. The molecule has 0 bridgehead atoms. The van der Waals surface area contributed by atoms with Crippen LogP contribution in [-0.2, 0) is 0 Å². The lowest BCUT2D eigenvalue weighted by Gasteiger charge is -2.04. The molecule has 0 fully saturated rings. The SMILES string of the molecule is O=Cc1cccc(Oc2ccccc2)c1.c1ccoc1. The van der Waals surface area contributed by atoms with Crippen molar-refractivity contribution in [3.05, 3.63) is 84.8 Å². The van der Waals surface area contributed by atoms with Crippen molar-refractivity contribution in [1.82, 2.24) is 0 Å². The summed E-state index contributed by atoms with van der Waals surface area (Å²) in [7, 11) is 0. The van der Waals surface area contributed by atoms with E-state index in [1.165, 1.54) is 0 Å². The number of carbonyl (C=O) groups excluding carboxylic acids is 1. The minimum Gasteiger partial charge on any atom is -0.473 e. The van der Waals surface area contributed by atoms with Gasteiger partial charge in [-0.3, -0.25) is 4.79 Å². The molecule has 3 aromatic rings. The lowest BCUT2D eigenvalue weighted by atomic mass is 10.2. The largest absolute Gasteiger partial charge is 0.473 e. The van der Waals surface area contributed by atoms with Gasteiger partial charge in [0.05, 0.1) is 12.5 Å². The fourth-order valence-electron chi connectivity index (χ4n) is 1.50. The number of aldehydes is 1. The molecular weight excluding hydrogens is 252 g/mol. The zero-order valence-corrected chi connectivity index (χ0v) is 10.8. The van der Waals surface area contributed by atoms with Crippen molar-refractivity contribution in [1.29, 1.82) is 0 Å². The molecule has 0 amide bonds. The number of carbonyl (C=O) groups is 1. The van der Waals surface area contributed by atoms with Crippen LogP contribution in [0, 0.1) is 0 Å². The number of rotatable bonds is 3. The number of furan rings is 1. The lowest BCUT2D eigenvalue weighted by molar-refractivity contribution is 0.112. The van der Waals surface area contributed by atoms with Crippen LogP contribution >= 0.6 is 0 Å². The summed E-state index contributed by atoms with van der Waals surface area (Å²) in [5.41, 5.74) is 0.614. The van der Waals surface area contributed by atoms with Gasteiger partial charge in [-0.2, -0.15) is 0 Å². The summed E-state index contributed by atoms with van der Waals surface area (Å²) in [6.07, 6.45) is 4.05. The van der Waals surface area contributed by atoms with Crippen LogP contribution in [-0.4, -0.2) is 6.29 Å². The molecule has 2 aromatic carbocycles. The maximum absolute atomic E-state index is 10.6. The second kappa shape index (κ2) is 7.59. The van der Waals surface area contributed by atoms with Gasteiger partial charge in [-0.25, -0.2) is 0 Å². The van der Waals surface area contributed by atoms with E-state index < -0.39 is 0 Å². The van der Waals surface area contributed by atoms with E-state index in [0.717, 1.165) is 12.0 Å². The second-order valence-electron chi connectivity index (χ2n) is 3.90. The molecule has 20 heavy (non-hydrogen) atoms. The molecule has 0 spiro atoms. The Hall–Kier alpha value is -2.81. The van der Waals surface area contributed by atoms with Crippen molar-refractivity contribution >= 4 is 6.29 Å².